The molecule has 7 heteroatoms. The molecule has 2 N–H and O–H groups in total. The SMILES string of the molecule is CC1CN(C2CC2)c2c(cc(F)c(N3C[C@H]4CCCN[C@H]4C3)c2CO)C1=O.Cl. The predicted molar refractivity (Wildman–Crippen MR) is 110 cm³/mol. The van der Waals surface area contributed by atoms with Gasteiger partial charge in [-0.05, 0) is 44.2 Å². The Morgan fingerprint density at radius 2 is 2.00 bits per heavy atom. The Labute approximate surface area is 171 Å². The number of aliphatic hydroxyl groups excluding tert-OH is 1. The van der Waals surface area contributed by atoms with E-state index >= 15 is 4.39 Å². The molecule has 0 radical (unpaired) electrons. The highest BCUT2D eigenvalue weighted by Gasteiger charge is 2.42. The number of piperidine rings is 1. The van der Waals surface area contributed by atoms with Gasteiger partial charge in [0.25, 0.3) is 0 Å². The van der Waals surface area contributed by atoms with Crippen LogP contribution >= 0.6 is 12.4 Å². The maximum absolute atomic E-state index is 15.3. The normalized spacial score (nSPS) is 29.4. The van der Waals surface area contributed by atoms with Gasteiger partial charge in [-0.15, -0.1) is 12.4 Å². The summed E-state index contributed by atoms with van der Waals surface area (Å²) in [5, 5.41) is 13.8. The second-order valence-electron chi connectivity index (χ2n) is 8.76. The summed E-state index contributed by atoms with van der Waals surface area (Å²) in [6.07, 6.45) is 4.54. The van der Waals surface area contributed by atoms with Gasteiger partial charge in [0.2, 0.25) is 0 Å². The molecular formula is C21H29ClFN3O2. The molecule has 3 atom stereocenters. The van der Waals surface area contributed by atoms with Crippen LogP contribution in [0.1, 0.15) is 48.5 Å². The topological polar surface area (TPSA) is 55.8 Å². The van der Waals surface area contributed by atoms with Gasteiger partial charge in [0, 0.05) is 48.8 Å². The Bertz CT molecular complexity index is 771. The fraction of sp³-hybridized carbons (Fsp3) is 0.667. The van der Waals surface area contributed by atoms with E-state index in [9.17, 15) is 9.90 Å². The average molecular weight is 410 g/mol. The zero-order chi connectivity index (χ0) is 18.7. The van der Waals surface area contributed by atoms with Crippen molar-refractivity contribution in [2.24, 2.45) is 11.8 Å². The van der Waals surface area contributed by atoms with E-state index in [-0.39, 0.29) is 36.5 Å². The van der Waals surface area contributed by atoms with E-state index in [1.165, 1.54) is 12.5 Å². The molecule has 3 aliphatic heterocycles. The lowest BCUT2D eigenvalue weighted by Crippen LogP contribution is -2.41. The first-order valence-corrected chi connectivity index (χ1v) is 10.3. The number of hydrogen-bond donors (Lipinski definition) is 2. The fourth-order valence-corrected chi connectivity index (χ4v) is 5.37. The van der Waals surface area contributed by atoms with E-state index in [0.29, 0.717) is 41.4 Å². The molecule has 28 heavy (non-hydrogen) atoms. The second kappa shape index (κ2) is 7.47. The fourth-order valence-electron chi connectivity index (χ4n) is 5.37. The van der Waals surface area contributed by atoms with Crippen molar-refractivity contribution in [1.82, 2.24) is 5.32 Å². The number of nitrogens with one attached hydrogen (secondary N) is 1. The van der Waals surface area contributed by atoms with Crippen molar-refractivity contribution in [3.63, 3.8) is 0 Å². The Morgan fingerprint density at radius 3 is 2.68 bits per heavy atom. The third-order valence-corrected chi connectivity index (χ3v) is 6.86. The predicted octanol–water partition coefficient (Wildman–Crippen LogP) is 2.73. The summed E-state index contributed by atoms with van der Waals surface area (Å²) in [6, 6.07) is 2.25. The number of ketones is 1. The minimum Gasteiger partial charge on any atom is -0.392 e. The lowest BCUT2D eigenvalue weighted by Gasteiger charge is -2.37. The van der Waals surface area contributed by atoms with Crippen molar-refractivity contribution in [2.45, 2.75) is 51.3 Å². The highest BCUT2D eigenvalue weighted by molar-refractivity contribution is 6.06. The lowest BCUT2D eigenvalue weighted by atomic mass is 9.89. The third-order valence-electron chi connectivity index (χ3n) is 6.86. The van der Waals surface area contributed by atoms with Gasteiger partial charge in [-0.25, -0.2) is 4.39 Å². The number of Topliss-reactive ketones (excluding diaryl/α,β-unsaturated/α-hetero) is 1. The van der Waals surface area contributed by atoms with Crippen LogP contribution in [-0.2, 0) is 6.61 Å². The summed E-state index contributed by atoms with van der Waals surface area (Å²) in [7, 11) is 0. The molecule has 1 saturated carbocycles. The minimum atomic E-state index is -0.366. The molecule has 0 amide bonds. The highest BCUT2D eigenvalue weighted by Crippen LogP contribution is 2.45. The Morgan fingerprint density at radius 1 is 1.21 bits per heavy atom. The van der Waals surface area contributed by atoms with Gasteiger partial charge < -0.3 is 20.2 Å². The summed E-state index contributed by atoms with van der Waals surface area (Å²) in [5.74, 6) is 0.0316. The molecule has 5 nitrogen and oxygen atoms in total. The van der Waals surface area contributed by atoms with E-state index in [4.69, 9.17) is 0 Å². The number of hydrogen-bond acceptors (Lipinski definition) is 5. The van der Waals surface area contributed by atoms with E-state index in [1.54, 1.807) is 0 Å². The number of benzene rings is 1. The largest absolute Gasteiger partial charge is 0.392 e. The Kier molecular flexibility index (Phi) is 5.31. The molecule has 0 bridgehead atoms. The smallest absolute Gasteiger partial charge is 0.169 e. The highest BCUT2D eigenvalue weighted by atomic mass is 35.5. The molecule has 3 heterocycles. The Hall–Kier alpha value is -1.37. The number of carbonyl (C=O) groups excluding carboxylic acids is 1. The van der Waals surface area contributed by atoms with Crippen LogP contribution in [0, 0.1) is 17.7 Å². The monoisotopic (exact) mass is 409 g/mol. The zero-order valence-electron chi connectivity index (χ0n) is 16.3. The zero-order valence-corrected chi connectivity index (χ0v) is 17.1. The van der Waals surface area contributed by atoms with Crippen molar-refractivity contribution in [1.29, 1.82) is 0 Å². The minimum absolute atomic E-state index is 0. The average Bonchev–Trinajstić information content (AvgIpc) is 3.42. The molecule has 1 aromatic rings. The number of fused-ring (bicyclic) bond motifs is 2. The molecule has 1 unspecified atom stereocenters. The van der Waals surface area contributed by atoms with Crippen LogP contribution in [0.15, 0.2) is 6.07 Å². The number of rotatable bonds is 3. The van der Waals surface area contributed by atoms with Crippen LogP contribution in [0.4, 0.5) is 15.8 Å². The number of nitrogens with zero attached hydrogens (tertiary/aromatic N) is 2. The molecule has 154 valence electrons. The maximum atomic E-state index is 15.3. The van der Waals surface area contributed by atoms with Crippen LogP contribution in [0.5, 0.6) is 0 Å². The van der Waals surface area contributed by atoms with E-state index in [1.807, 2.05) is 6.92 Å². The van der Waals surface area contributed by atoms with Crippen molar-refractivity contribution in [2.75, 3.05) is 36.0 Å². The standard InChI is InChI=1S/C21H28FN3O2.ClH/c1-12-8-25(14-4-5-14)19-15(21(12)27)7-17(22)20(16(19)11-26)24-9-13-3-2-6-23-18(13)10-24;/h7,12-14,18,23,26H,2-6,8-11H2,1H3;1H/t12?,13-,18+;/m1./s1. The molecule has 4 aliphatic rings. The molecule has 1 aliphatic carbocycles. The van der Waals surface area contributed by atoms with Gasteiger partial charge in [-0.3, -0.25) is 4.79 Å². The summed E-state index contributed by atoms with van der Waals surface area (Å²) in [6.45, 7) is 4.95. The van der Waals surface area contributed by atoms with E-state index < -0.39 is 0 Å². The van der Waals surface area contributed by atoms with Crippen LogP contribution < -0.4 is 15.1 Å². The lowest BCUT2D eigenvalue weighted by molar-refractivity contribution is 0.0925. The quantitative estimate of drug-likeness (QED) is 0.804. The first-order chi connectivity index (χ1) is 13.1. The number of anilines is 2. The molecule has 0 spiro atoms. The third kappa shape index (κ3) is 3.10. The second-order valence-corrected chi connectivity index (χ2v) is 8.76. The van der Waals surface area contributed by atoms with Crippen molar-refractivity contribution >= 4 is 29.6 Å². The van der Waals surface area contributed by atoms with Gasteiger partial charge in [0.15, 0.2) is 5.78 Å². The van der Waals surface area contributed by atoms with Gasteiger partial charge in [-0.2, -0.15) is 0 Å². The van der Waals surface area contributed by atoms with Crippen LogP contribution in [0.2, 0.25) is 0 Å². The summed E-state index contributed by atoms with van der Waals surface area (Å²) >= 11 is 0. The first kappa shape index (κ1) is 19.9. The Balaban J connectivity index is 0.00000192. The van der Waals surface area contributed by atoms with Gasteiger partial charge >= 0.3 is 0 Å². The van der Waals surface area contributed by atoms with Crippen LogP contribution in [0.25, 0.3) is 0 Å². The van der Waals surface area contributed by atoms with Gasteiger partial charge in [0.1, 0.15) is 5.82 Å². The summed E-state index contributed by atoms with van der Waals surface area (Å²) in [5.41, 5.74) is 2.37. The summed E-state index contributed by atoms with van der Waals surface area (Å²) < 4.78 is 15.3. The van der Waals surface area contributed by atoms with Gasteiger partial charge in [0.05, 0.1) is 18.0 Å². The molecule has 0 aromatic heterocycles. The van der Waals surface area contributed by atoms with E-state index in [2.05, 4.69) is 15.1 Å². The number of halogens is 2. The van der Waals surface area contributed by atoms with Crippen molar-refractivity contribution in [3.8, 4) is 0 Å². The van der Waals surface area contributed by atoms with E-state index in [0.717, 1.165) is 44.6 Å². The van der Waals surface area contributed by atoms with Crippen molar-refractivity contribution in [3.05, 3.63) is 23.0 Å². The molecule has 1 aromatic carbocycles. The van der Waals surface area contributed by atoms with Crippen LogP contribution in [-0.4, -0.2) is 49.2 Å². The number of aliphatic hydroxyl groups is 1. The molecule has 5 rings (SSSR count). The van der Waals surface area contributed by atoms with Crippen molar-refractivity contribution < 1.29 is 14.3 Å². The molecule has 3 fully saturated rings. The molecule has 2 saturated heterocycles. The maximum Gasteiger partial charge on any atom is 0.169 e. The summed E-state index contributed by atoms with van der Waals surface area (Å²) in [4.78, 5) is 17.1. The van der Waals surface area contributed by atoms with Crippen LogP contribution in [0.3, 0.4) is 0 Å². The first-order valence-electron chi connectivity index (χ1n) is 10.3. The number of carbonyl (C=O) groups is 1. The molecular weight excluding hydrogens is 381 g/mol. The van der Waals surface area contributed by atoms with Gasteiger partial charge in [-0.1, -0.05) is 6.92 Å².